The Bertz CT molecular complexity index is 692. The lowest BCUT2D eigenvalue weighted by atomic mass is 10.3. The highest BCUT2D eigenvalue weighted by atomic mass is 35.5. The fraction of sp³-hybridized carbons (Fsp3) is 0. The van der Waals surface area contributed by atoms with Crippen LogP contribution >= 0.6 is 11.6 Å². The van der Waals surface area contributed by atoms with E-state index in [0.29, 0.717) is 28.0 Å². The number of hydrogen-bond acceptors (Lipinski definition) is 5. The molecule has 0 atom stereocenters. The van der Waals surface area contributed by atoms with Gasteiger partial charge in [0.2, 0.25) is 0 Å². The number of nitrogen functional groups attached to an aromatic ring is 1. The highest BCUT2D eigenvalue weighted by molar-refractivity contribution is 6.32. The third-order valence-corrected chi connectivity index (χ3v) is 2.57. The number of hydrogen-bond donors (Lipinski definition) is 1. The minimum atomic E-state index is 0.418. The molecule has 0 spiro atoms. The number of halogens is 1. The third kappa shape index (κ3) is 1.58. The molecular formula is C10H7ClN6. The largest absolute Gasteiger partial charge is 0.382 e. The van der Waals surface area contributed by atoms with Crippen LogP contribution in [0.4, 0.5) is 5.82 Å². The molecular weight excluding hydrogens is 240 g/mol. The van der Waals surface area contributed by atoms with Crippen LogP contribution in [0.2, 0.25) is 5.02 Å². The molecule has 3 aromatic rings. The van der Waals surface area contributed by atoms with Crippen molar-refractivity contribution in [2.45, 2.75) is 0 Å². The van der Waals surface area contributed by atoms with Crippen molar-refractivity contribution >= 4 is 23.2 Å². The van der Waals surface area contributed by atoms with Gasteiger partial charge in [-0.3, -0.25) is 4.98 Å². The van der Waals surface area contributed by atoms with Gasteiger partial charge in [-0.25, -0.2) is 9.97 Å². The van der Waals surface area contributed by atoms with Gasteiger partial charge in [0.15, 0.2) is 0 Å². The smallest absolute Gasteiger partial charge is 0.253 e. The molecule has 0 aliphatic carbocycles. The summed E-state index contributed by atoms with van der Waals surface area (Å²) in [5.41, 5.74) is 6.79. The zero-order chi connectivity index (χ0) is 11.8. The number of nitrogens with two attached hydrogens (primary N) is 1. The van der Waals surface area contributed by atoms with Crippen molar-refractivity contribution < 1.29 is 0 Å². The molecule has 0 bridgehead atoms. The first-order valence-corrected chi connectivity index (χ1v) is 5.20. The number of fused-ring (bicyclic) bond motifs is 1. The van der Waals surface area contributed by atoms with Crippen molar-refractivity contribution in [2.24, 2.45) is 0 Å². The predicted octanol–water partition coefficient (Wildman–Crippen LogP) is 1.42. The van der Waals surface area contributed by atoms with Crippen LogP contribution in [-0.4, -0.2) is 24.6 Å². The molecule has 0 fully saturated rings. The van der Waals surface area contributed by atoms with Gasteiger partial charge in [0.05, 0.1) is 17.4 Å². The molecule has 84 valence electrons. The fourth-order valence-electron chi connectivity index (χ4n) is 1.48. The molecule has 17 heavy (non-hydrogen) atoms. The van der Waals surface area contributed by atoms with Crippen LogP contribution in [0.3, 0.4) is 0 Å². The van der Waals surface area contributed by atoms with Gasteiger partial charge in [-0.1, -0.05) is 11.6 Å². The summed E-state index contributed by atoms with van der Waals surface area (Å²) in [4.78, 5) is 12.5. The second kappa shape index (κ2) is 3.67. The fourth-order valence-corrected chi connectivity index (χ4v) is 1.70. The van der Waals surface area contributed by atoms with Crippen LogP contribution < -0.4 is 5.73 Å². The van der Waals surface area contributed by atoms with Gasteiger partial charge < -0.3 is 5.73 Å². The second-order valence-electron chi connectivity index (χ2n) is 3.37. The van der Waals surface area contributed by atoms with E-state index in [1.54, 1.807) is 24.5 Å². The SMILES string of the molecule is Nc1cnc2nc(-c3ncccc3Cl)cnn12. The molecule has 3 aromatic heterocycles. The second-order valence-corrected chi connectivity index (χ2v) is 3.78. The van der Waals surface area contributed by atoms with Crippen LogP contribution in [0.25, 0.3) is 17.2 Å². The highest BCUT2D eigenvalue weighted by Gasteiger charge is 2.09. The Hall–Kier alpha value is -2.21. The van der Waals surface area contributed by atoms with Crippen molar-refractivity contribution in [3.8, 4) is 11.4 Å². The first-order chi connectivity index (χ1) is 8.25. The number of imidazole rings is 1. The van der Waals surface area contributed by atoms with Crippen LogP contribution in [0.1, 0.15) is 0 Å². The molecule has 0 saturated carbocycles. The summed E-state index contributed by atoms with van der Waals surface area (Å²) in [5.74, 6) is 0.855. The lowest BCUT2D eigenvalue weighted by molar-refractivity contribution is 0.912. The molecule has 0 saturated heterocycles. The summed E-state index contributed by atoms with van der Waals surface area (Å²) < 4.78 is 1.44. The molecule has 0 unspecified atom stereocenters. The quantitative estimate of drug-likeness (QED) is 0.702. The molecule has 3 heterocycles. The van der Waals surface area contributed by atoms with E-state index >= 15 is 0 Å². The molecule has 0 amide bonds. The highest BCUT2D eigenvalue weighted by Crippen LogP contribution is 2.22. The maximum absolute atomic E-state index is 6.03. The van der Waals surface area contributed by atoms with E-state index in [2.05, 4.69) is 20.1 Å². The Labute approximate surface area is 101 Å². The van der Waals surface area contributed by atoms with Crippen molar-refractivity contribution in [1.82, 2.24) is 24.6 Å². The Balaban J connectivity index is 2.22. The van der Waals surface area contributed by atoms with Gasteiger partial charge in [-0.05, 0) is 12.1 Å². The van der Waals surface area contributed by atoms with Crippen LogP contribution in [-0.2, 0) is 0 Å². The molecule has 0 aromatic carbocycles. The summed E-state index contributed by atoms with van der Waals surface area (Å²) in [6.45, 7) is 0. The zero-order valence-corrected chi connectivity index (χ0v) is 9.33. The zero-order valence-electron chi connectivity index (χ0n) is 8.58. The van der Waals surface area contributed by atoms with Gasteiger partial charge in [-0.15, -0.1) is 0 Å². The maximum atomic E-state index is 6.03. The number of pyridine rings is 1. The standard InChI is InChI=1S/C10H7ClN6/c11-6-2-1-3-13-9(6)7-4-15-17-8(12)5-14-10(17)16-7/h1-5H,12H2. The average Bonchev–Trinajstić information content (AvgIpc) is 2.71. The molecule has 2 N–H and O–H groups in total. The van der Waals surface area contributed by atoms with E-state index in [0.717, 1.165) is 0 Å². The van der Waals surface area contributed by atoms with Gasteiger partial charge >= 0.3 is 0 Å². The van der Waals surface area contributed by atoms with Crippen LogP contribution in [0, 0.1) is 0 Å². The van der Waals surface area contributed by atoms with Crippen molar-refractivity contribution in [3.63, 3.8) is 0 Å². The molecule has 0 radical (unpaired) electrons. The summed E-state index contributed by atoms with van der Waals surface area (Å²) in [5, 5.41) is 4.65. The van der Waals surface area contributed by atoms with Crippen LogP contribution in [0.15, 0.2) is 30.7 Å². The van der Waals surface area contributed by atoms with Gasteiger partial charge in [-0.2, -0.15) is 9.61 Å². The van der Waals surface area contributed by atoms with Crippen molar-refractivity contribution in [2.75, 3.05) is 5.73 Å². The van der Waals surface area contributed by atoms with E-state index in [1.165, 1.54) is 10.7 Å². The summed E-state index contributed by atoms with van der Waals surface area (Å²) in [7, 11) is 0. The normalized spacial score (nSPS) is 10.9. The molecule has 0 aliphatic heterocycles. The topological polar surface area (TPSA) is 82.0 Å². The number of aromatic nitrogens is 5. The number of nitrogens with zero attached hydrogens (tertiary/aromatic N) is 5. The summed E-state index contributed by atoms with van der Waals surface area (Å²) in [6, 6.07) is 3.50. The molecule has 3 rings (SSSR count). The minimum absolute atomic E-state index is 0.418. The van der Waals surface area contributed by atoms with Crippen molar-refractivity contribution in [1.29, 1.82) is 0 Å². The molecule has 0 aliphatic rings. The monoisotopic (exact) mass is 246 g/mol. The van der Waals surface area contributed by atoms with Crippen molar-refractivity contribution in [3.05, 3.63) is 35.7 Å². The maximum Gasteiger partial charge on any atom is 0.253 e. The third-order valence-electron chi connectivity index (χ3n) is 2.26. The summed E-state index contributed by atoms with van der Waals surface area (Å²) >= 11 is 6.03. The number of rotatable bonds is 1. The minimum Gasteiger partial charge on any atom is -0.382 e. The van der Waals surface area contributed by atoms with Gasteiger partial charge in [0, 0.05) is 6.20 Å². The Morgan fingerprint density at radius 2 is 2.12 bits per heavy atom. The first-order valence-electron chi connectivity index (χ1n) is 4.83. The Morgan fingerprint density at radius 3 is 2.94 bits per heavy atom. The average molecular weight is 247 g/mol. The predicted molar refractivity (Wildman–Crippen MR) is 63.4 cm³/mol. The van der Waals surface area contributed by atoms with E-state index in [1.807, 2.05) is 0 Å². The van der Waals surface area contributed by atoms with E-state index in [-0.39, 0.29) is 0 Å². The Morgan fingerprint density at radius 1 is 1.24 bits per heavy atom. The summed E-state index contributed by atoms with van der Waals surface area (Å²) in [6.07, 6.45) is 4.70. The molecule has 7 heteroatoms. The van der Waals surface area contributed by atoms with Gasteiger partial charge in [0.1, 0.15) is 17.2 Å². The van der Waals surface area contributed by atoms with E-state index in [9.17, 15) is 0 Å². The number of anilines is 1. The lowest BCUT2D eigenvalue weighted by Gasteiger charge is -2.01. The van der Waals surface area contributed by atoms with E-state index < -0.39 is 0 Å². The lowest BCUT2D eigenvalue weighted by Crippen LogP contribution is -2.00. The van der Waals surface area contributed by atoms with Gasteiger partial charge in [0.25, 0.3) is 5.78 Å². The first kappa shape index (κ1) is 9.98. The van der Waals surface area contributed by atoms with E-state index in [4.69, 9.17) is 17.3 Å². The molecule has 6 nitrogen and oxygen atoms in total. The van der Waals surface area contributed by atoms with Crippen LogP contribution in [0.5, 0.6) is 0 Å². The Kier molecular flexibility index (Phi) is 2.15.